The lowest BCUT2D eigenvalue weighted by molar-refractivity contribution is 0.262. The highest BCUT2D eigenvalue weighted by molar-refractivity contribution is 6.00. The largest absolute Gasteiger partial charge is 0.504 e. The molecule has 0 aliphatic heterocycles. The summed E-state index contributed by atoms with van der Waals surface area (Å²) in [4.78, 5) is 31.3. The standard InChI is InChI=1S/C32H37FN6O4/c1-5-39-31(41)28(35-32(42)36-30-26(33)19-34-20-29(30)40)18-27(37-39)23-11-9-10-22(16-23)24-14-21(2)15-25(17-24)43-13-8-6-7-12-38(3)4/h9-11,14-20,40H,5-8,12-13H2,1-4H3,(H2,34,35,36,42). The SMILES string of the molecule is CCn1nc(-c2cccc(-c3cc(C)cc(OCCCCCN(C)C)c3)c2)cc(NC(=O)Nc2c(O)cncc2F)c1=O. The normalized spacial score (nSPS) is 11.0. The van der Waals surface area contributed by atoms with Gasteiger partial charge in [-0.25, -0.2) is 13.9 Å². The molecule has 4 aromatic rings. The summed E-state index contributed by atoms with van der Waals surface area (Å²) in [6, 6.07) is 14.4. The van der Waals surface area contributed by atoms with Gasteiger partial charge in [0.25, 0.3) is 5.56 Å². The number of anilines is 2. The molecule has 0 unspecified atom stereocenters. The van der Waals surface area contributed by atoms with Crippen LogP contribution in [0.1, 0.15) is 31.7 Å². The van der Waals surface area contributed by atoms with E-state index in [1.807, 2.05) is 43.3 Å². The number of ether oxygens (including phenoxy) is 1. The van der Waals surface area contributed by atoms with Crippen molar-refractivity contribution in [3.63, 3.8) is 0 Å². The number of aryl methyl sites for hydroxylation is 2. The fraction of sp³-hybridized carbons (Fsp3) is 0.312. The Morgan fingerprint density at radius 3 is 2.56 bits per heavy atom. The van der Waals surface area contributed by atoms with Crippen LogP contribution in [0.25, 0.3) is 22.4 Å². The molecular weight excluding hydrogens is 551 g/mol. The van der Waals surface area contributed by atoms with Crippen LogP contribution in [0.3, 0.4) is 0 Å². The minimum Gasteiger partial charge on any atom is -0.504 e. The number of hydrogen-bond acceptors (Lipinski definition) is 7. The fourth-order valence-corrected chi connectivity index (χ4v) is 4.56. The number of carbonyl (C=O) groups excluding carboxylic acids is 1. The van der Waals surface area contributed by atoms with Crippen molar-refractivity contribution in [2.45, 2.75) is 39.7 Å². The third-order valence-electron chi connectivity index (χ3n) is 6.70. The second-order valence-corrected chi connectivity index (χ2v) is 10.5. The van der Waals surface area contributed by atoms with Crippen molar-refractivity contribution < 1.29 is 19.0 Å². The zero-order valence-corrected chi connectivity index (χ0v) is 24.9. The van der Waals surface area contributed by atoms with Gasteiger partial charge in [-0.2, -0.15) is 5.10 Å². The molecule has 11 heteroatoms. The second-order valence-electron chi connectivity index (χ2n) is 10.5. The number of nitrogens with one attached hydrogen (secondary N) is 2. The highest BCUT2D eigenvalue weighted by atomic mass is 19.1. The summed E-state index contributed by atoms with van der Waals surface area (Å²) in [5.41, 5.74) is 3.13. The minimum absolute atomic E-state index is 0.0551. The molecular formula is C32H37FN6O4. The van der Waals surface area contributed by atoms with Gasteiger partial charge in [0, 0.05) is 12.1 Å². The molecule has 0 saturated heterocycles. The smallest absolute Gasteiger partial charge is 0.324 e. The van der Waals surface area contributed by atoms with Crippen molar-refractivity contribution in [1.82, 2.24) is 19.7 Å². The first-order valence-corrected chi connectivity index (χ1v) is 14.2. The number of nitrogens with zero attached hydrogens (tertiary/aromatic N) is 4. The highest BCUT2D eigenvalue weighted by Crippen LogP contribution is 2.30. The van der Waals surface area contributed by atoms with E-state index >= 15 is 0 Å². The van der Waals surface area contributed by atoms with Gasteiger partial charge in [0.15, 0.2) is 11.6 Å². The van der Waals surface area contributed by atoms with E-state index in [0.717, 1.165) is 66.2 Å². The van der Waals surface area contributed by atoms with Crippen molar-refractivity contribution in [3.05, 3.63) is 82.7 Å². The molecule has 3 N–H and O–H groups in total. The van der Waals surface area contributed by atoms with Crippen molar-refractivity contribution in [2.75, 3.05) is 37.9 Å². The highest BCUT2D eigenvalue weighted by Gasteiger charge is 2.16. The Morgan fingerprint density at radius 2 is 1.81 bits per heavy atom. The van der Waals surface area contributed by atoms with E-state index in [1.165, 1.54) is 10.7 Å². The molecule has 0 fully saturated rings. The number of aromatic nitrogens is 3. The molecule has 0 spiro atoms. The Morgan fingerprint density at radius 1 is 1.02 bits per heavy atom. The fourth-order valence-electron chi connectivity index (χ4n) is 4.56. The number of aromatic hydroxyl groups is 1. The van der Waals surface area contributed by atoms with Crippen LogP contribution >= 0.6 is 0 Å². The number of pyridine rings is 1. The Bertz CT molecular complexity index is 1620. The van der Waals surface area contributed by atoms with Gasteiger partial charge in [0.1, 0.15) is 17.1 Å². The number of unbranched alkanes of at least 4 members (excludes halogenated alkanes) is 2. The van der Waals surface area contributed by atoms with E-state index in [1.54, 1.807) is 6.92 Å². The quantitative estimate of drug-likeness (QED) is 0.176. The number of hydrogen-bond donors (Lipinski definition) is 3. The van der Waals surface area contributed by atoms with E-state index in [0.29, 0.717) is 12.3 Å². The first-order valence-electron chi connectivity index (χ1n) is 14.2. The Labute approximate surface area is 250 Å². The zero-order chi connectivity index (χ0) is 30.9. The second kappa shape index (κ2) is 14.4. The summed E-state index contributed by atoms with van der Waals surface area (Å²) in [5.74, 6) is -0.657. The summed E-state index contributed by atoms with van der Waals surface area (Å²) in [6.45, 7) is 5.76. The predicted octanol–water partition coefficient (Wildman–Crippen LogP) is 5.90. The molecule has 10 nitrogen and oxygen atoms in total. The van der Waals surface area contributed by atoms with Crippen molar-refractivity contribution >= 4 is 17.4 Å². The van der Waals surface area contributed by atoms with Crippen LogP contribution in [-0.2, 0) is 6.54 Å². The van der Waals surface area contributed by atoms with Crippen LogP contribution in [0.15, 0.2) is 65.7 Å². The maximum Gasteiger partial charge on any atom is 0.324 e. The third-order valence-corrected chi connectivity index (χ3v) is 6.70. The van der Waals surface area contributed by atoms with Crippen molar-refractivity contribution in [2.24, 2.45) is 0 Å². The average molecular weight is 589 g/mol. The van der Waals surface area contributed by atoms with E-state index < -0.39 is 28.8 Å². The van der Waals surface area contributed by atoms with Crippen LogP contribution in [0.4, 0.5) is 20.6 Å². The van der Waals surface area contributed by atoms with Gasteiger partial charge in [0.2, 0.25) is 0 Å². The minimum atomic E-state index is -0.918. The average Bonchev–Trinajstić information content (AvgIpc) is 2.97. The van der Waals surface area contributed by atoms with E-state index in [-0.39, 0.29) is 12.2 Å². The number of rotatable bonds is 12. The maximum atomic E-state index is 14.0. The van der Waals surface area contributed by atoms with Gasteiger partial charge in [-0.3, -0.25) is 9.78 Å². The Hall–Kier alpha value is -4.77. The molecule has 226 valence electrons. The summed E-state index contributed by atoms with van der Waals surface area (Å²) in [7, 11) is 4.15. The van der Waals surface area contributed by atoms with Crippen LogP contribution in [0.5, 0.6) is 11.5 Å². The zero-order valence-electron chi connectivity index (χ0n) is 24.9. The molecule has 2 amide bonds. The van der Waals surface area contributed by atoms with Gasteiger partial charge < -0.3 is 25.4 Å². The summed E-state index contributed by atoms with van der Waals surface area (Å²) in [6.07, 6.45) is 5.08. The molecule has 0 aliphatic rings. The Balaban J connectivity index is 1.55. The summed E-state index contributed by atoms with van der Waals surface area (Å²) in [5, 5.41) is 19.0. The molecule has 0 radical (unpaired) electrons. The third kappa shape index (κ3) is 8.39. The van der Waals surface area contributed by atoms with Crippen molar-refractivity contribution in [1.29, 1.82) is 0 Å². The van der Waals surface area contributed by atoms with Crippen LogP contribution < -0.4 is 20.9 Å². The number of halogens is 1. The van der Waals surface area contributed by atoms with Gasteiger partial charge in [-0.1, -0.05) is 24.3 Å². The van der Waals surface area contributed by atoms with Gasteiger partial charge in [-0.05, 0) is 94.7 Å². The van der Waals surface area contributed by atoms with E-state index in [2.05, 4.69) is 45.8 Å². The lowest BCUT2D eigenvalue weighted by atomic mass is 9.99. The molecule has 0 saturated carbocycles. The molecule has 2 heterocycles. The number of urea groups is 1. The molecule has 0 bridgehead atoms. The first kappa shape index (κ1) is 31.2. The molecule has 2 aromatic heterocycles. The summed E-state index contributed by atoms with van der Waals surface area (Å²) >= 11 is 0. The lowest BCUT2D eigenvalue weighted by Gasteiger charge is -2.13. The number of benzene rings is 2. The topological polar surface area (TPSA) is 122 Å². The van der Waals surface area contributed by atoms with Crippen LogP contribution in [-0.4, -0.2) is 58.0 Å². The summed E-state index contributed by atoms with van der Waals surface area (Å²) < 4.78 is 21.3. The molecule has 0 aliphatic carbocycles. The van der Waals surface area contributed by atoms with Gasteiger partial charge in [-0.15, -0.1) is 0 Å². The first-order chi connectivity index (χ1) is 20.6. The van der Waals surface area contributed by atoms with Gasteiger partial charge in [0.05, 0.1) is 24.7 Å². The van der Waals surface area contributed by atoms with Crippen LogP contribution in [0, 0.1) is 12.7 Å². The van der Waals surface area contributed by atoms with E-state index in [9.17, 15) is 19.1 Å². The number of carbonyl (C=O) groups is 1. The molecule has 43 heavy (non-hydrogen) atoms. The molecule has 0 atom stereocenters. The van der Waals surface area contributed by atoms with Crippen LogP contribution in [0.2, 0.25) is 0 Å². The Kier molecular flexibility index (Phi) is 10.4. The van der Waals surface area contributed by atoms with E-state index in [4.69, 9.17) is 4.74 Å². The molecule has 2 aromatic carbocycles. The number of amides is 2. The lowest BCUT2D eigenvalue weighted by Crippen LogP contribution is -2.29. The monoisotopic (exact) mass is 588 g/mol. The van der Waals surface area contributed by atoms with Gasteiger partial charge >= 0.3 is 6.03 Å². The predicted molar refractivity (Wildman–Crippen MR) is 166 cm³/mol. The maximum absolute atomic E-state index is 14.0. The van der Waals surface area contributed by atoms with Crippen molar-refractivity contribution in [3.8, 4) is 33.9 Å². The molecule has 4 rings (SSSR count).